The third-order valence-corrected chi connectivity index (χ3v) is 3.51. The summed E-state index contributed by atoms with van der Waals surface area (Å²) >= 11 is 1.70. The number of amides is 1. The van der Waals surface area contributed by atoms with Crippen LogP contribution in [0.15, 0.2) is 5.38 Å². The highest BCUT2D eigenvalue weighted by Gasteiger charge is 2.28. The molecule has 1 aromatic rings. The summed E-state index contributed by atoms with van der Waals surface area (Å²) in [5.74, 6) is 0.567. The van der Waals surface area contributed by atoms with Gasteiger partial charge in [-0.2, -0.15) is 0 Å². The summed E-state index contributed by atoms with van der Waals surface area (Å²) in [6, 6.07) is 0. The van der Waals surface area contributed by atoms with Crippen molar-refractivity contribution in [1.29, 1.82) is 0 Å². The standard InChI is InChI=1S/C11H16N2OS/c1-8-7-15-10(13-8)3-2-6-12-11(14)9-4-5-9/h7,9H,2-6H2,1H3,(H,12,14). The van der Waals surface area contributed by atoms with E-state index in [2.05, 4.69) is 15.7 Å². The predicted octanol–water partition coefficient (Wildman–Crippen LogP) is 1.91. The van der Waals surface area contributed by atoms with Gasteiger partial charge < -0.3 is 5.32 Å². The van der Waals surface area contributed by atoms with Crippen molar-refractivity contribution in [1.82, 2.24) is 10.3 Å². The molecule has 0 aromatic carbocycles. The van der Waals surface area contributed by atoms with Gasteiger partial charge in [-0.15, -0.1) is 11.3 Å². The molecule has 1 saturated carbocycles. The van der Waals surface area contributed by atoms with Crippen LogP contribution in [-0.4, -0.2) is 17.4 Å². The molecule has 15 heavy (non-hydrogen) atoms. The van der Waals surface area contributed by atoms with E-state index in [9.17, 15) is 4.79 Å². The zero-order valence-corrected chi connectivity index (χ0v) is 9.77. The minimum absolute atomic E-state index is 0.241. The lowest BCUT2D eigenvalue weighted by atomic mass is 10.3. The van der Waals surface area contributed by atoms with Crippen molar-refractivity contribution in [2.24, 2.45) is 5.92 Å². The van der Waals surface area contributed by atoms with Crippen molar-refractivity contribution in [3.63, 3.8) is 0 Å². The Morgan fingerprint density at radius 2 is 2.47 bits per heavy atom. The largest absolute Gasteiger partial charge is 0.356 e. The molecule has 1 aliphatic rings. The fraction of sp³-hybridized carbons (Fsp3) is 0.636. The molecule has 1 N–H and O–H groups in total. The highest BCUT2D eigenvalue weighted by Crippen LogP contribution is 2.28. The van der Waals surface area contributed by atoms with E-state index in [1.165, 1.54) is 5.01 Å². The summed E-state index contributed by atoms with van der Waals surface area (Å²) in [6.07, 6.45) is 4.13. The van der Waals surface area contributed by atoms with Crippen molar-refractivity contribution < 1.29 is 4.79 Å². The minimum Gasteiger partial charge on any atom is -0.356 e. The molecule has 1 fully saturated rings. The number of hydrogen-bond donors (Lipinski definition) is 1. The SMILES string of the molecule is Cc1csc(CCCNC(=O)C2CC2)n1. The molecule has 1 amide bonds. The molecule has 82 valence electrons. The molecule has 3 nitrogen and oxygen atoms in total. The summed E-state index contributed by atoms with van der Waals surface area (Å²) in [4.78, 5) is 15.7. The molecule has 0 radical (unpaired) electrons. The van der Waals surface area contributed by atoms with Crippen molar-refractivity contribution >= 4 is 17.2 Å². The molecule has 4 heteroatoms. The zero-order chi connectivity index (χ0) is 10.7. The molecule has 0 spiro atoms. The third kappa shape index (κ3) is 3.30. The summed E-state index contributed by atoms with van der Waals surface area (Å²) < 4.78 is 0. The second kappa shape index (κ2) is 4.75. The first kappa shape index (κ1) is 10.6. The Kier molecular flexibility index (Phi) is 3.36. The Bertz CT molecular complexity index is 344. The van der Waals surface area contributed by atoms with Gasteiger partial charge in [-0.25, -0.2) is 4.98 Å². The van der Waals surface area contributed by atoms with Crippen molar-refractivity contribution in [3.05, 3.63) is 16.1 Å². The molecule has 0 bridgehead atoms. The molecular formula is C11H16N2OS. The number of carbonyl (C=O) groups excluding carboxylic acids is 1. The molecule has 1 aliphatic carbocycles. The van der Waals surface area contributed by atoms with Gasteiger partial charge in [0.15, 0.2) is 0 Å². The van der Waals surface area contributed by atoms with Crippen LogP contribution >= 0.6 is 11.3 Å². The van der Waals surface area contributed by atoms with Gasteiger partial charge in [0.1, 0.15) is 0 Å². The van der Waals surface area contributed by atoms with E-state index < -0.39 is 0 Å². The second-order valence-electron chi connectivity index (χ2n) is 4.05. The molecule has 0 unspecified atom stereocenters. The lowest BCUT2D eigenvalue weighted by molar-refractivity contribution is -0.122. The van der Waals surface area contributed by atoms with Gasteiger partial charge in [0.2, 0.25) is 5.91 Å². The Hall–Kier alpha value is -0.900. The van der Waals surface area contributed by atoms with Gasteiger partial charge >= 0.3 is 0 Å². The quantitative estimate of drug-likeness (QED) is 0.776. The number of thiazole rings is 1. The number of aryl methyl sites for hydroxylation is 2. The lowest BCUT2D eigenvalue weighted by Gasteiger charge is -2.02. The molecular weight excluding hydrogens is 208 g/mol. The van der Waals surface area contributed by atoms with Gasteiger partial charge in [-0.1, -0.05) is 0 Å². The van der Waals surface area contributed by atoms with E-state index in [4.69, 9.17) is 0 Å². The van der Waals surface area contributed by atoms with Crippen LogP contribution in [-0.2, 0) is 11.2 Å². The van der Waals surface area contributed by atoms with E-state index in [-0.39, 0.29) is 5.91 Å². The van der Waals surface area contributed by atoms with Crippen LogP contribution in [0.25, 0.3) is 0 Å². The van der Waals surface area contributed by atoms with Gasteiger partial charge in [-0.3, -0.25) is 4.79 Å². The Morgan fingerprint density at radius 1 is 1.67 bits per heavy atom. The molecule has 2 rings (SSSR count). The Morgan fingerprint density at radius 3 is 3.07 bits per heavy atom. The van der Waals surface area contributed by atoms with Gasteiger partial charge in [0, 0.05) is 30.0 Å². The summed E-state index contributed by atoms with van der Waals surface area (Å²) in [5, 5.41) is 6.20. The molecule has 0 saturated heterocycles. The fourth-order valence-corrected chi connectivity index (χ4v) is 2.28. The summed E-state index contributed by atoms with van der Waals surface area (Å²) in [6.45, 7) is 2.79. The maximum atomic E-state index is 11.3. The van der Waals surface area contributed by atoms with E-state index in [0.717, 1.165) is 37.9 Å². The number of aromatic nitrogens is 1. The van der Waals surface area contributed by atoms with Crippen LogP contribution in [0, 0.1) is 12.8 Å². The van der Waals surface area contributed by atoms with Crippen LogP contribution in [0.4, 0.5) is 0 Å². The normalized spacial score (nSPS) is 15.3. The highest BCUT2D eigenvalue weighted by atomic mass is 32.1. The van der Waals surface area contributed by atoms with Crippen LogP contribution in [0.5, 0.6) is 0 Å². The molecule has 0 aliphatic heterocycles. The average molecular weight is 224 g/mol. The number of hydrogen-bond acceptors (Lipinski definition) is 3. The predicted molar refractivity (Wildman–Crippen MR) is 60.9 cm³/mol. The van der Waals surface area contributed by atoms with E-state index in [1.807, 2.05) is 6.92 Å². The summed E-state index contributed by atoms with van der Waals surface area (Å²) in [5.41, 5.74) is 1.09. The zero-order valence-electron chi connectivity index (χ0n) is 8.95. The number of rotatable bonds is 5. The van der Waals surface area contributed by atoms with Crippen LogP contribution < -0.4 is 5.32 Å². The maximum absolute atomic E-state index is 11.3. The molecule has 1 heterocycles. The van der Waals surface area contributed by atoms with E-state index in [1.54, 1.807) is 11.3 Å². The van der Waals surface area contributed by atoms with Gasteiger partial charge in [-0.05, 0) is 26.2 Å². The van der Waals surface area contributed by atoms with Crippen LogP contribution in [0.2, 0.25) is 0 Å². The smallest absolute Gasteiger partial charge is 0.223 e. The van der Waals surface area contributed by atoms with Crippen molar-refractivity contribution in [2.45, 2.75) is 32.6 Å². The number of nitrogens with zero attached hydrogens (tertiary/aromatic N) is 1. The monoisotopic (exact) mass is 224 g/mol. The van der Waals surface area contributed by atoms with Gasteiger partial charge in [0.25, 0.3) is 0 Å². The number of nitrogens with one attached hydrogen (secondary N) is 1. The first-order valence-corrected chi connectivity index (χ1v) is 6.32. The minimum atomic E-state index is 0.241. The van der Waals surface area contributed by atoms with Gasteiger partial charge in [0.05, 0.1) is 5.01 Å². The summed E-state index contributed by atoms with van der Waals surface area (Å²) in [7, 11) is 0. The second-order valence-corrected chi connectivity index (χ2v) is 4.99. The molecule has 1 aromatic heterocycles. The lowest BCUT2D eigenvalue weighted by Crippen LogP contribution is -2.26. The average Bonchev–Trinajstić information content (AvgIpc) is 2.98. The highest BCUT2D eigenvalue weighted by molar-refractivity contribution is 7.09. The topological polar surface area (TPSA) is 42.0 Å². The van der Waals surface area contributed by atoms with Crippen molar-refractivity contribution in [3.8, 4) is 0 Å². The van der Waals surface area contributed by atoms with Crippen LogP contribution in [0.1, 0.15) is 30.0 Å². The van der Waals surface area contributed by atoms with E-state index >= 15 is 0 Å². The van der Waals surface area contributed by atoms with E-state index in [0.29, 0.717) is 5.92 Å². The van der Waals surface area contributed by atoms with Crippen LogP contribution in [0.3, 0.4) is 0 Å². The van der Waals surface area contributed by atoms with Crippen molar-refractivity contribution in [2.75, 3.05) is 6.54 Å². The fourth-order valence-electron chi connectivity index (χ4n) is 1.46. The third-order valence-electron chi connectivity index (χ3n) is 2.48. The first-order valence-electron chi connectivity index (χ1n) is 5.44. The maximum Gasteiger partial charge on any atom is 0.223 e. The Balaban J connectivity index is 1.60. The Labute approximate surface area is 93.9 Å². The number of carbonyl (C=O) groups is 1. The molecule has 0 atom stereocenters. The first-order chi connectivity index (χ1) is 7.25.